The summed E-state index contributed by atoms with van der Waals surface area (Å²) in [5.41, 5.74) is 1.67. The first kappa shape index (κ1) is 16.0. The third-order valence-electron chi connectivity index (χ3n) is 4.04. The molecule has 1 aliphatic heterocycles. The highest BCUT2D eigenvalue weighted by molar-refractivity contribution is 7.13. The summed E-state index contributed by atoms with van der Waals surface area (Å²) in [5, 5.41) is 12.6. The molecule has 2 aromatic heterocycles. The fourth-order valence-electron chi connectivity index (χ4n) is 2.80. The van der Waals surface area contributed by atoms with Gasteiger partial charge in [0.15, 0.2) is 11.6 Å². The Morgan fingerprint density at radius 2 is 2.21 bits per heavy atom. The Balaban J connectivity index is 1.75. The molecule has 1 aromatic carbocycles. The average Bonchev–Trinajstić information content (AvgIpc) is 3.20. The quantitative estimate of drug-likeness (QED) is 0.650. The van der Waals surface area contributed by atoms with Crippen molar-refractivity contribution in [2.24, 2.45) is 0 Å². The van der Waals surface area contributed by atoms with E-state index in [2.05, 4.69) is 21.7 Å². The predicted molar refractivity (Wildman–Crippen MR) is 95.6 cm³/mol. The molecule has 0 saturated carbocycles. The van der Waals surface area contributed by atoms with E-state index in [0.29, 0.717) is 23.3 Å². The number of benzene rings is 1. The van der Waals surface area contributed by atoms with Gasteiger partial charge in [-0.15, -0.1) is 21.5 Å². The summed E-state index contributed by atoms with van der Waals surface area (Å²) >= 11 is 13.8. The lowest BCUT2D eigenvalue weighted by atomic mass is 10.2. The molecule has 3 heterocycles. The van der Waals surface area contributed by atoms with Gasteiger partial charge in [0.25, 0.3) is 0 Å². The number of aromatic nitrogens is 4. The van der Waals surface area contributed by atoms with Crippen molar-refractivity contribution in [3.63, 3.8) is 0 Å². The molecule has 0 spiro atoms. The van der Waals surface area contributed by atoms with Crippen LogP contribution in [0.3, 0.4) is 0 Å². The van der Waals surface area contributed by atoms with Crippen molar-refractivity contribution in [1.82, 2.24) is 19.7 Å². The molecule has 1 atom stereocenters. The molecule has 0 amide bonds. The molecule has 124 valence electrons. The molecule has 0 bridgehead atoms. The van der Waals surface area contributed by atoms with Gasteiger partial charge in [-0.1, -0.05) is 30.1 Å². The molecule has 1 unspecified atom stereocenters. The van der Waals surface area contributed by atoms with Crippen LogP contribution in [0.25, 0.3) is 22.1 Å². The van der Waals surface area contributed by atoms with Crippen molar-refractivity contribution in [3.8, 4) is 22.1 Å². The van der Waals surface area contributed by atoms with E-state index in [4.69, 9.17) is 32.9 Å². The Kier molecular flexibility index (Phi) is 4.30. The highest BCUT2D eigenvalue weighted by Gasteiger charge is 2.26. The summed E-state index contributed by atoms with van der Waals surface area (Å²) in [5.74, 6) is 1.63. The summed E-state index contributed by atoms with van der Waals surface area (Å²) in [6.07, 6.45) is 0.956. The standard InChI is InChI=1S/C16H14Cl2N4OS/c1-2-10-6-23-7-14-20-21-15(22(10)14)13-8-24-16(19-13)11-4-3-9(17)5-12(11)18/h3-5,8,10H,2,6-7H2,1H3. The maximum Gasteiger partial charge on any atom is 0.183 e. The molecule has 24 heavy (non-hydrogen) atoms. The van der Waals surface area contributed by atoms with Crippen LogP contribution in [0.2, 0.25) is 10.0 Å². The zero-order valence-electron chi connectivity index (χ0n) is 12.9. The second-order valence-corrected chi connectivity index (χ2v) is 7.25. The summed E-state index contributed by atoms with van der Waals surface area (Å²) in [6.45, 7) is 3.30. The van der Waals surface area contributed by atoms with E-state index in [0.717, 1.165) is 34.3 Å². The fraction of sp³-hybridized carbons (Fsp3) is 0.312. The topological polar surface area (TPSA) is 52.8 Å². The minimum Gasteiger partial charge on any atom is -0.371 e. The highest BCUT2D eigenvalue weighted by atomic mass is 35.5. The van der Waals surface area contributed by atoms with E-state index in [9.17, 15) is 0 Å². The van der Waals surface area contributed by atoms with E-state index < -0.39 is 0 Å². The van der Waals surface area contributed by atoms with Gasteiger partial charge in [0.2, 0.25) is 0 Å². The summed E-state index contributed by atoms with van der Waals surface area (Å²) < 4.78 is 7.72. The van der Waals surface area contributed by atoms with Crippen LogP contribution in [0, 0.1) is 0 Å². The number of ether oxygens (including phenoxy) is 1. The van der Waals surface area contributed by atoms with Crippen LogP contribution in [0.4, 0.5) is 0 Å². The monoisotopic (exact) mass is 380 g/mol. The van der Waals surface area contributed by atoms with Crippen LogP contribution in [-0.4, -0.2) is 26.4 Å². The molecule has 0 N–H and O–H groups in total. The minimum atomic E-state index is 0.239. The third kappa shape index (κ3) is 2.73. The summed E-state index contributed by atoms with van der Waals surface area (Å²) in [7, 11) is 0. The van der Waals surface area contributed by atoms with Gasteiger partial charge in [-0.3, -0.25) is 0 Å². The van der Waals surface area contributed by atoms with Gasteiger partial charge < -0.3 is 9.30 Å². The molecule has 8 heteroatoms. The number of halogens is 2. The SMILES string of the molecule is CCC1COCc2nnc(-c3csc(-c4ccc(Cl)cc4Cl)n3)n21. The molecule has 5 nitrogen and oxygen atoms in total. The van der Waals surface area contributed by atoms with Crippen molar-refractivity contribution in [3.05, 3.63) is 39.4 Å². The summed E-state index contributed by atoms with van der Waals surface area (Å²) in [6, 6.07) is 5.66. The lowest BCUT2D eigenvalue weighted by molar-refractivity contribution is 0.0542. The van der Waals surface area contributed by atoms with Crippen LogP contribution >= 0.6 is 34.5 Å². The van der Waals surface area contributed by atoms with Gasteiger partial charge in [0.05, 0.1) is 17.7 Å². The first-order chi connectivity index (χ1) is 11.7. The first-order valence-electron chi connectivity index (χ1n) is 7.60. The van der Waals surface area contributed by atoms with Gasteiger partial charge in [0, 0.05) is 16.0 Å². The maximum absolute atomic E-state index is 6.29. The number of thiazole rings is 1. The lowest BCUT2D eigenvalue weighted by Gasteiger charge is -2.24. The van der Waals surface area contributed by atoms with E-state index in [1.54, 1.807) is 6.07 Å². The lowest BCUT2D eigenvalue weighted by Crippen LogP contribution is -2.24. The van der Waals surface area contributed by atoms with Gasteiger partial charge in [-0.2, -0.15) is 0 Å². The molecule has 0 radical (unpaired) electrons. The normalized spacial score (nSPS) is 17.0. The number of nitrogens with zero attached hydrogens (tertiary/aromatic N) is 4. The molecule has 4 rings (SSSR count). The van der Waals surface area contributed by atoms with Crippen LogP contribution < -0.4 is 0 Å². The van der Waals surface area contributed by atoms with Gasteiger partial charge in [-0.05, 0) is 24.6 Å². The zero-order chi connectivity index (χ0) is 16.7. The Morgan fingerprint density at radius 1 is 1.33 bits per heavy atom. The summed E-state index contributed by atoms with van der Waals surface area (Å²) in [4.78, 5) is 4.72. The van der Waals surface area contributed by atoms with Gasteiger partial charge in [-0.25, -0.2) is 4.98 Å². The number of rotatable bonds is 3. The van der Waals surface area contributed by atoms with E-state index in [1.807, 2.05) is 17.5 Å². The van der Waals surface area contributed by atoms with Crippen LogP contribution in [0.1, 0.15) is 25.2 Å². The Bertz CT molecular complexity index is 892. The second-order valence-electron chi connectivity index (χ2n) is 5.55. The maximum atomic E-state index is 6.29. The van der Waals surface area contributed by atoms with E-state index in [-0.39, 0.29) is 6.04 Å². The van der Waals surface area contributed by atoms with Crippen LogP contribution in [0.5, 0.6) is 0 Å². The largest absolute Gasteiger partial charge is 0.371 e. The molecule has 0 saturated heterocycles. The second kappa shape index (κ2) is 6.44. The molecule has 0 aliphatic carbocycles. The molecular weight excluding hydrogens is 367 g/mol. The van der Waals surface area contributed by atoms with E-state index >= 15 is 0 Å². The Labute approximate surface area is 153 Å². The number of fused-ring (bicyclic) bond motifs is 1. The van der Waals surface area contributed by atoms with Crippen molar-refractivity contribution < 1.29 is 4.74 Å². The van der Waals surface area contributed by atoms with E-state index in [1.165, 1.54) is 11.3 Å². The fourth-order valence-corrected chi connectivity index (χ4v) is 4.20. The smallest absolute Gasteiger partial charge is 0.183 e. The molecular formula is C16H14Cl2N4OS. The van der Waals surface area contributed by atoms with Crippen LogP contribution in [0.15, 0.2) is 23.6 Å². The Morgan fingerprint density at radius 3 is 3.00 bits per heavy atom. The van der Waals surface area contributed by atoms with Gasteiger partial charge >= 0.3 is 0 Å². The van der Waals surface area contributed by atoms with Crippen LogP contribution in [-0.2, 0) is 11.3 Å². The molecule has 3 aromatic rings. The minimum absolute atomic E-state index is 0.239. The van der Waals surface area contributed by atoms with Crippen molar-refractivity contribution in [1.29, 1.82) is 0 Å². The highest BCUT2D eigenvalue weighted by Crippen LogP contribution is 2.35. The van der Waals surface area contributed by atoms with Crippen molar-refractivity contribution in [2.45, 2.75) is 26.0 Å². The number of hydrogen-bond acceptors (Lipinski definition) is 5. The number of hydrogen-bond donors (Lipinski definition) is 0. The van der Waals surface area contributed by atoms with Gasteiger partial charge in [0.1, 0.15) is 17.3 Å². The predicted octanol–water partition coefficient (Wildman–Crippen LogP) is 4.86. The first-order valence-corrected chi connectivity index (χ1v) is 9.23. The van der Waals surface area contributed by atoms with Crippen molar-refractivity contribution in [2.75, 3.05) is 6.61 Å². The molecule has 0 fully saturated rings. The van der Waals surface area contributed by atoms with Crippen molar-refractivity contribution >= 4 is 34.5 Å². The third-order valence-corrected chi connectivity index (χ3v) is 5.46. The average molecular weight is 381 g/mol. The Hall–Kier alpha value is -1.47. The molecule has 1 aliphatic rings. The zero-order valence-corrected chi connectivity index (χ0v) is 15.2.